The minimum atomic E-state index is -0.127. The number of benzene rings is 1. The molecular formula is C18H21N5O. The van der Waals surface area contributed by atoms with Crippen LogP contribution in [0.5, 0.6) is 0 Å². The molecule has 0 saturated heterocycles. The van der Waals surface area contributed by atoms with Crippen LogP contribution in [0.2, 0.25) is 0 Å². The summed E-state index contributed by atoms with van der Waals surface area (Å²) < 4.78 is 1.91. The molecule has 6 heteroatoms. The second kappa shape index (κ2) is 5.78. The molecule has 1 aromatic carbocycles. The van der Waals surface area contributed by atoms with Crippen molar-refractivity contribution in [2.45, 2.75) is 45.1 Å². The van der Waals surface area contributed by atoms with E-state index in [2.05, 4.69) is 15.1 Å². The van der Waals surface area contributed by atoms with E-state index in [1.165, 1.54) is 19.3 Å². The lowest BCUT2D eigenvalue weighted by Gasteiger charge is -2.22. The summed E-state index contributed by atoms with van der Waals surface area (Å²) >= 11 is 0. The van der Waals surface area contributed by atoms with Crippen molar-refractivity contribution in [3.63, 3.8) is 0 Å². The fraction of sp³-hybridized carbons (Fsp3) is 0.389. The number of aryl methyl sites for hydroxylation is 1. The predicted molar refractivity (Wildman–Crippen MR) is 94.9 cm³/mol. The Morgan fingerprint density at radius 1 is 1.17 bits per heavy atom. The number of nitrogens with zero attached hydrogens (tertiary/aromatic N) is 3. The van der Waals surface area contributed by atoms with Gasteiger partial charge in [0.15, 0.2) is 5.52 Å². The van der Waals surface area contributed by atoms with E-state index < -0.39 is 0 Å². The minimum Gasteiger partial charge on any atom is -0.399 e. The number of aromatic amines is 1. The number of hydrogen-bond acceptors (Lipinski definition) is 4. The molecule has 0 aliphatic heterocycles. The maximum atomic E-state index is 12.7. The molecule has 0 amide bonds. The lowest BCUT2D eigenvalue weighted by molar-refractivity contribution is 0.336. The molecule has 124 valence electrons. The third-order valence-electron chi connectivity index (χ3n) is 4.83. The van der Waals surface area contributed by atoms with Crippen LogP contribution in [0, 0.1) is 6.92 Å². The van der Waals surface area contributed by atoms with Crippen molar-refractivity contribution in [3.8, 4) is 11.4 Å². The second-order valence-corrected chi connectivity index (χ2v) is 6.56. The van der Waals surface area contributed by atoms with E-state index in [1.807, 2.05) is 23.7 Å². The third-order valence-corrected chi connectivity index (χ3v) is 4.83. The standard InChI is InChI=1S/C18H21N5O/c1-11-15-16(23(22-11)14-5-3-2-4-6-14)18(24)21-17(20-15)12-7-9-13(19)10-8-12/h7-10,14H,2-6,19H2,1H3,(H,20,21,24). The van der Waals surface area contributed by atoms with Crippen LogP contribution in [-0.2, 0) is 0 Å². The van der Waals surface area contributed by atoms with Crippen molar-refractivity contribution in [1.82, 2.24) is 19.7 Å². The quantitative estimate of drug-likeness (QED) is 0.709. The van der Waals surface area contributed by atoms with E-state index in [4.69, 9.17) is 5.73 Å². The zero-order valence-electron chi connectivity index (χ0n) is 13.7. The maximum Gasteiger partial charge on any atom is 0.277 e. The third kappa shape index (κ3) is 2.48. The molecule has 0 radical (unpaired) electrons. The van der Waals surface area contributed by atoms with Crippen LogP contribution in [0.1, 0.15) is 43.8 Å². The summed E-state index contributed by atoms with van der Waals surface area (Å²) in [5.41, 5.74) is 9.22. The van der Waals surface area contributed by atoms with Crippen LogP contribution in [0.4, 0.5) is 5.69 Å². The zero-order chi connectivity index (χ0) is 16.7. The summed E-state index contributed by atoms with van der Waals surface area (Å²) in [6, 6.07) is 7.64. The van der Waals surface area contributed by atoms with Crippen molar-refractivity contribution < 1.29 is 0 Å². The van der Waals surface area contributed by atoms with Crippen LogP contribution in [0.25, 0.3) is 22.4 Å². The smallest absolute Gasteiger partial charge is 0.277 e. The van der Waals surface area contributed by atoms with Gasteiger partial charge >= 0.3 is 0 Å². The van der Waals surface area contributed by atoms with Crippen molar-refractivity contribution in [1.29, 1.82) is 0 Å². The Kier molecular flexibility index (Phi) is 3.59. The first kappa shape index (κ1) is 14.9. The Hall–Kier alpha value is -2.63. The van der Waals surface area contributed by atoms with E-state index in [9.17, 15) is 4.79 Å². The van der Waals surface area contributed by atoms with E-state index in [-0.39, 0.29) is 5.56 Å². The average molecular weight is 323 g/mol. The van der Waals surface area contributed by atoms with Crippen molar-refractivity contribution in [3.05, 3.63) is 40.3 Å². The van der Waals surface area contributed by atoms with Crippen LogP contribution in [-0.4, -0.2) is 19.7 Å². The first-order valence-electron chi connectivity index (χ1n) is 8.48. The molecule has 2 heterocycles. The Morgan fingerprint density at radius 2 is 1.88 bits per heavy atom. The van der Waals surface area contributed by atoms with Crippen LogP contribution < -0.4 is 11.3 Å². The van der Waals surface area contributed by atoms with Gasteiger partial charge in [-0.3, -0.25) is 9.48 Å². The second-order valence-electron chi connectivity index (χ2n) is 6.56. The SMILES string of the molecule is Cc1nn(C2CCCCC2)c2c(=O)[nH]c(-c3ccc(N)cc3)nc12. The molecule has 0 atom stereocenters. The molecule has 2 aromatic heterocycles. The number of aromatic nitrogens is 4. The lowest BCUT2D eigenvalue weighted by Crippen LogP contribution is -2.19. The Labute approximate surface area is 139 Å². The topological polar surface area (TPSA) is 89.6 Å². The fourth-order valence-electron chi connectivity index (χ4n) is 3.56. The van der Waals surface area contributed by atoms with E-state index >= 15 is 0 Å². The van der Waals surface area contributed by atoms with Gasteiger partial charge in [-0.1, -0.05) is 19.3 Å². The summed E-state index contributed by atoms with van der Waals surface area (Å²) in [5.74, 6) is 0.554. The number of fused-ring (bicyclic) bond motifs is 1. The molecule has 1 aliphatic rings. The number of nitrogens with one attached hydrogen (secondary N) is 1. The van der Waals surface area contributed by atoms with Gasteiger partial charge in [-0.05, 0) is 44.0 Å². The molecule has 0 spiro atoms. The van der Waals surface area contributed by atoms with Crippen LogP contribution in [0.15, 0.2) is 29.1 Å². The van der Waals surface area contributed by atoms with E-state index in [1.54, 1.807) is 12.1 Å². The van der Waals surface area contributed by atoms with Gasteiger partial charge in [0.25, 0.3) is 5.56 Å². The van der Waals surface area contributed by atoms with Gasteiger partial charge in [-0.2, -0.15) is 5.10 Å². The molecule has 1 aliphatic carbocycles. The highest BCUT2D eigenvalue weighted by Crippen LogP contribution is 2.30. The van der Waals surface area contributed by atoms with Crippen LogP contribution in [0.3, 0.4) is 0 Å². The Balaban J connectivity index is 1.86. The molecule has 0 bridgehead atoms. The number of H-pyrrole nitrogens is 1. The molecule has 24 heavy (non-hydrogen) atoms. The van der Waals surface area contributed by atoms with Gasteiger partial charge in [0.05, 0.1) is 11.7 Å². The van der Waals surface area contributed by atoms with Crippen LogP contribution >= 0.6 is 0 Å². The van der Waals surface area contributed by atoms with E-state index in [0.717, 1.165) is 24.1 Å². The number of anilines is 1. The van der Waals surface area contributed by atoms with Crippen molar-refractivity contribution >= 4 is 16.7 Å². The number of rotatable bonds is 2. The number of hydrogen-bond donors (Lipinski definition) is 2. The molecule has 4 rings (SSSR count). The summed E-state index contributed by atoms with van der Waals surface area (Å²) in [6.45, 7) is 1.92. The normalized spacial score (nSPS) is 15.9. The lowest BCUT2D eigenvalue weighted by atomic mass is 9.95. The maximum absolute atomic E-state index is 12.7. The van der Waals surface area contributed by atoms with Gasteiger partial charge < -0.3 is 10.7 Å². The molecule has 0 unspecified atom stereocenters. The highest BCUT2D eigenvalue weighted by molar-refractivity contribution is 5.79. The highest BCUT2D eigenvalue weighted by Gasteiger charge is 2.22. The van der Waals surface area contributed by atoms with Gasteiger partial charge in [0, 0.05) is 11.3 Å². The Bertz CT molecular complexity index is 932. The Morgan fingerprint density at radius 3 is 2.58 bits per heavy atom. The largest absolute Gasteiger partial charge is 0.399 e. The molecule has 1 fully saturated rings. The first-order chi connectivity index (χ1) is 11.6. The summed E-state index contributed by atoms with van der Waals surface area (Å²) in [7, 11) is 0. The monoisotopic (exact) mass is 323 g/mol. The zero-order valence-corrected chi connectivity index (χ0v) is 13.7. The first-order valence-corrected chi connectivity index (χ1v) is 8.48. The highest BCUT2D eigenvalue weighted by atomic mass is 16.1. The summed E-state index contributed by atoms with van der Waals surface area (Å²) in [5, 5.41) is 4.64. The average Bonchev–Trinajstić information content (AvgIpc) is 2.94. The summed E-state index contributed by atoms with van der Waals surface area (Å²) in [4.78, 5) is 20.3. The van der Waals surface area contributed by atoms with Gasteiger partial charge in [-0.25, -0.2) is 4.98 Å². The molecule has 6 nitrogen and oxygen atoms in total. The van der Waals surface area contributed by atoms with Gasteiger partial charge in [0.2, 0.25) is 0 Å². The number of nitrogens with two attached hydrogens (primary N) is 1. The van der Waals surface area contributed by atoms with Crippen molar-refractivity contribution in [2.75, 3.05) is 5.73 Å². The molecular weight excluding hydrogens is 302 g/mol. The van der Waals surface area contributed by atoms with Gasteiger partial charge in [0.1, 0.15) is 11.3 Å². The van der Waals surface area contributed by atoms with Crippen molar-refractivity contribution in [2.24, 2.45) is 0 Å². The van der Waals surface area contributed by atoms with Gasteiger partial charge in [-0.15, -0.1) is 0 Å². The predicted octanol–water partition coefficient (Wildman–Crippen LogP) is 3.18. The summed E-state index contributed by atoms with van der Waals surface area (Å²) in [6.07, 6.45) is 5.81. The molecule has 1 saturated carbocycles. The molecule has 3 aromatic rings. The minimum absolute atomic E-state index is 0.127. The fourth-order valence-corrected chi connectivity index (χ4v) is 3.56. The number of nitrogen functional groups attached to an aromatic ring is 1. The van der Waals surface area contributed by atoms with E-state index in [0.29, 0.717) is 28.6 Å². The molecule has 3 N–H and O–H groups in total.